The third kappa shape index (κ3) is 5.44. The smallest absolute Gasteiger partial charge is 0.344 e. The molecule has 1 N–H and O–H groups in total. The fourth-order valence-corrected chi connectivity index (χ4v) is 3.94. The maximum atomic E-state index is 13.3. The van der Waals surface area contributed by atoms with Crippen molar-refractivity contribution in [1.82, 2.24) is 9.66 Å². The Morgan fingerprint density at radius 1 is 1.24 bits per heavy atom. The SMILES string of the molecule is COc1cc(C=Nn2c(C(C)(C)C)nc3ccc(Br)cc3c2=O)cc(Br)c1O[C@@H](C)C(=O)O. The number of aromatic nitrogens is 2. The van der Waals surface area contributed by atoms with Gasteiger partial charge in [-0.25, -0.2) is 9.78 Å². The molecule has 10 heteroatoms. The highest BCUT2D eigenvalue weighted by atomic mass is 79.9. The zero-order chi connectivity index (χ0) is 24.5. The van der Waals surface area contributed by atoms with Crippen molar-refractivity contribution < 1.29 is 19.4 Å². The lowest BCUT2D eigenvalue weighted by molar-refractivity contribution is -0.144. The molecule has 1 heterocycles. The molecule has 3 aromatic rings. The van der Waals surface area contributed by atoms with Crippen LogP contribution in [0.3, 0.4) is 0 Å². The Bertz CT molecular complexity index is 1310. The number of carboxylic acid groups (broad SMARTS) is 1. The Morgan fingerprint density at radius 3 is 2.55 bits per heavy atom. The van der Waals surface area contributed by atoms with Crippen molar-refractivity contribution >= 4 is 54.9 Å². The molecule has 0 saturated heterocycles. The van der Waals surface area contributed by atoms with E-state index in [0.717, 1.165) is 4.47 Å². The average molecular weight is 581 g/mol. The molecular formula is C23H23Br2N3O5. The number of carbonyl (C=O) groups is 1. The maximum absolute atomic E-state index is 13.3. The number of carboxylic acids is 1. The number of hydrogen-bond donors (Lipinski definition) is 1. The number of aliphatic carboxylic acids is 1. The van der Waals surface area contributed by atoms with Crippen molar-refractivity contribution in [1.29, 1.82) is 0 Å². The minimum absolute atomic E-state index is 0.259. The van der Waals surface area contributed by atoms with Crippen LogP contribution < -0.4 is 15.0 Å². The molecule has 0 fully saturated rings. The molecule has 174 valence electrons. The quantitative estimate of drug-likeness (QED) is 0.413. The molecule has 0 amide bonds. The van der Waals surface area contributed by atoms with Crippen LogP contribution in [0.25, 0.3) is 10.9 Å². The molecule has 0 saturated carbocycles. The highest BCUT2D eigenvalue weighted by Gasteiger charge is 2.23. The normalized spacial score (nSPS) is 12.8. The van der Waals surface area contributed by atoms with Gasteiger partial charge in [0.25, 0.3) is 5.56 Å². The molecule has 0 spiro atoms. The predicted octanol–water partition coefficient (Wildman–Crippen LogP) is 4.96. The zero-order valence-electron chi connectivity index (χ0n) is 18.7. The lowest BCUT2D eigenvalue weighted by Gasteiger charge is -2.21. The van der Waals surface area contributed by atoms with E-state index in [2.05, 4.69) is 37.0 Å². The van der Waals surface area contributed by atoms with Gasteiger partial charge in [0.1, 0.15) is 5.82 Å². The first-order valence-electron chi connectivity index (χ1n) is 9.96. The van der Waals surface area contributed by atoms with Gasteiger partial charge in [-0.1, -0.05) is 36.7 Å². The molecule has 0 radical (unpaired) electrons. The van der Waals surface area contributed by atoms with Gasteiger partial charge in [0.05, 0.1) is 28.7 Å². The first-order valence-corrected chi connectivity index (χ1v) is 11.5. The van der Waals surface area contributed by atoms with E-state index in [0.29, 0.717) is 32.5 Å². The summed E-state index contributed by atoms with van der Waals surface area (Å²) >= 11 is 6.80. The average Bonchev–Trinajstić information content (AvgIpc) is 2.73. The summed E-state index contributed by atoms with van der Waals surface area (Å²) in [6, 6.07) is 8.70. The molecule has 0 unspecified atom stereocenters. The number of methoxy groups -OCH3 is 1. The van der Waals surface area contributed by atoms with Gasteiger partial charge in [-0.15, -0.1) is 0 Å². The standard InChI is InChI=1S/C23H23Br2N3O5/c1-12(21(30)31)33-19-16(25)8-13(9-18(19)32-5)11-26-28-20(29)15-10-14(24)6-7-17(15)27-22(28)23(2,3)4/h6-12H,1-5H3,(H,30,31)/t12-/m0/s1. The van der Waals surface area contributed by atoms with Crippen molar-refractivity contribution in [2.75, 3.05) is 7.11 Å². The summed E-state index contributed by atoms with van der Waals surface area (Å²) in [5.41, 5.74) is 0.470. The van der Waals surface area contributed by atoms with Crippen LogP contribution in [0.5, 0.6) is 11.5 Å². The van der Waals surface area contributed by atoms with Gasteiger partial charge in [-0.3, -0.25) is 4.79 Å². The molecule has 33 heavy (non-hydrogen) atoms. The Kier molecular flexibility index (Phi) is 7.28. The maximum Gasteiger partial charge on any atom is 0.344 e. The van der Waals surface area contributed by atoms with Crippen LogP contribution >= 0.6 is 31.9 Å². The summed E-state index contributed by atoms with van der Waals surface area (Å²) in [5, 5.41) is 14.0. The van der Waals surface area contributed by atoms with E-state index in [4.69, 9.17) is 19.6 Å². The molecule has 1 aromatic heterocycles. The summed E-state index contributed by atoms with van der Waals surface area (Å²) < 4.78 is 13.4. The molecule has 0 aliphatic carbocycles. The minimum Gasteiger partial charge on any atom is -0.493 e. The second-order valence-electron chi connectivity index (χ2n) is 8.34. The van der Waals surface area contributed by atoms with Crippen LogP contribution in [0, 0.1) is 0 Å². The molecule has 0 bridgehead atoms. The van der Waals surface area contributed by atoms with Crippen molar-refractivity contribution in [3.8, 4) is 11.5 Å². The summed E-state index contributed by atoms with van der Waals surface area (Å²) in [7, 11) is 1.45. The molecule has 1 atom stereocenters. The third-order valence-electron chi connectivity index (χ3n) is 4.70. The van der Waals surface area contributed by atoms with Gasteiger partial charge in [0.2, 0.25) is 0 Å². The Labute approximate surface area is 207 Å². The Morgan fingerprint density at radius 2 is 1.94 bits per heavy atom. The van der Waals surface area contributed by atoms with E-state index in [9.17, 15) is 9.59 Å². The number of fused-ring (bicyclic) bond motifs is 1. The van der Waals surface area contributed by atoms with Crippen LogP contribution in [-0.4, -0.2) is 40.2 Å². The van der Waals surface area contributed by atoms with Crippen LogP contribution in [0.2, 0.25) is 0 Å². The van der Waals surface area contributed by atoms with E-state index in [1.165, 1.54) is 24.9 Å². The van der Waals surface area contributed by atoms with Crippen LogP contribution in [0.4, 0.5) is 0 Å². The largest absolute Gasteiger partial charge is 0.493 e. The monoisotopic (exact) mass is 579 g/mol. The number of halogens is 2. The van der Waals surface area contributed by atoms with Crippen molar-refractivity contribution in [3.63, 3.8) is 0 Å². The van der Waals surface area contributed by atoms with Crippen molar-refractivity contribution in [2.24, 2.45) is 5.10 Å². The summed E-state index contributed by atoms with van der Waals surface area (Å²) in [6.07, 6.45) is 0.449. The highest BCUT2D eigenvalue weighted by Crippen LogP contribution is 2.37. The molecule has 3 rings (SSSR count). The van der Waals surface area contributed by atoms with E-state index in [1.54, 1.807) is 24.3 Å². The van der Waals surface area contributed by atoms with Crippen LogP contribution in [0.1, 0.15) is 39.1 Å². The number of nitrogens with zero attached hydrogens (tertiary/aromatic N) is 3. The topological polar surface area (TPSA) is 103 Å². The number of benzene rings is 2. The summed E-state index contributed by atoms with van der Waals surface area (Å²) in [6.45, 7) is 7.30. The van der Waals surface area contributed by atoms with Gasteiger partial charge in [0, 0.05) is 9.89 Å². The molecule has 8 nitrogen and oxygen atoms in total. The lowest BCUT2D eigenvalue weighted by Crippen LogP contribution is -2.29. The number of hydrogen-bond acceptors (Lipinski definition) is 6. The van der Waals surface area contributed by atoms with Gasteiger partial charge in [0.15, 0.2) is 17.6 Å². The second-order valence-corrected chi connectivity index (χ2v) is 10.1. The minimum atomic E-state index is -1.10. The first kappa shape index (κ1) is 24.9. The first-order chi connectivity index (χ1) is 15.4. The van der Waals surface area contributed by atoms with Gasteiger partial charge in [-0.05, 0) is 58.7 Å². The Balaban J connectivity index is 2.12. The van der Waals surface area contributed by atoms with Gasteiger partial charge >= 0.3 is 5.97 Å². The fourth-order valence-electron chi connectivity index (χ4n) is 3.02. The van der Waals surface area contributed by atoms with Crippen molar-refractivity contribution in [2.45, 2.75) is 39.2 Å². The van der Waals surface area contributed by atoms with E-state index < -0.39 is 17.5 Å². The molecular weight excluding hydrogens is 558 g/mol. The fraction of sp³-hybridized carbons (Fsp3) is 0.304. The van der Waals surface area contributed by atoms with E-state index in [1.807, 2.05) is 26.8 Å². The van der Waals surface area contributed by atoms with Gasteiger partial charge in [-0.2, -0.15) is 9.78 Å². The van der Waals surface area contributed by atoms with E-state index in [-0.39, 0.29) is 11.3 Å². The molecule has 0 aliphatic rings. The number of ether oxygens (including phenoxy) is 2. The van der Waals surface area contributed by atoms with Crippen molar-refractivity contribution in [3.05, 3.63) is 61.0 Å². The van der Waals surface area contributed by atoms with Gasteiger partial charge < -0.3 is 14.6 Å². The Hall–Kier alpha value is -2.72. The van der Waals surface area contributed by atoms with Crippen LogP contribution in [0.15, 0.2) is 49.2 Å². The zero-order valence-corrected chi connectivity index (χ0v) is 21.9. The highest BCUT2D eigenvalue weighted by molar-refractivity contribution is 9.10. The lowest BCUT2D eigenvalue weighted by atomic mass is 9.95. The third-order valence-corrected chi connectivity index (χ3v) is 5.78. The van der Waals surface area contributed by atoms with Crippen LogP contribution in [-0.2, 0) is 10.2 Å². The predicted molar refractivity (Wildman–Crippen MR) is 134 cm³/mol. The summed E-state index contributed by atoms with van der Waals surface area (Å²) in [5.74, 6) is -0.00355. The summed E-state index contributed by atoms with van der Waals surface area (Å²) in [4.78, 5) is 29.1. The second kappa shape index (κ2) is 9.64. The van der Waals surface area contributed by atoms with E-state index >= 15 is 0 Å². The number of rotatable bonds is 6. The molecule has 2 aromatic carbocycles. The molecule has 0 aliphatic heterocycles.